The van der Waals surface area contributed by atoms with Crippen LogP contribution in [0.15, 0.2) is 30.3 Å². The zero-order valence-electron chi connectivity index (χ0n) is 22.9. The van der Waals surface area contributed by atoms with E-state index in [9.17, 15) is 14.7 Å². The van der Waals surface area contributed by atoms with Crippen LogP contribution in [0.3, 0.4) is 0 Å². The van der Waals surface area contributed by atoms with Crippen molar-refractivity contribution in [2.45, 2.75) is 48.5 Å². The lowest BCUT2D eigenvalue weighted by atomic mass is 9.96. The third-order valence-electron chi connectivity index (χ3n) is 6.88. The molecule has 0 amide bonds. The number of benzene rings is 2. The highest BCUT2D eigenvalue weighted by Crippen LogP contribution is 2.30. The van der Waals surface area contributed by atoms with Crippen molar-refractivity contribution in [3.8, 4) is 22.5 Å². The lowest BCUT2D eigenvalue weighted by molar-refractivity contribution is 0.0685. The molecule has 2 aromatic carbocycles. The van der Waals surface area contributed by atoms with Gasteiger partial charge in [-0.2, -0.15) is 10.2 Å². The summed E-state index contributed by atoms with van der Waals surface area (Å²) in [6.07, 6.45) is 0. The SMILES string of the molecule is Cc1cc(C)c(-c2cc(C)n(C)n2)cc1C(=O)O.Cc1cc(C)c(-c2nn(C)c(C)c2C)cc1C(=O)O. The summed E-state index contributed by atoms with van der Waals surface area (Å²) in [6, 6.07) is 9.19. The number of carboxylic acid groups (broad SMARTS) is 2. The predicted molar refractivity (Wildman–Crippen MR) is 144 cm³/mol. The first-order chi connectivity index (χ1) is 17.2. The van der Waals surface area contributed by atoms with Gasteiger partial charge in [-0.15, -0.1) is 0 Å². The number of carbonyl (C=O) groups is 2. The minimum atomic E-state index is -0.901. The van der Waals surface area contributed by atoms with E-state index in [0.29, 0.717) is 11.1 Å². The Balaban J connectivity index is 0.000000206. The molecule has 2 aromatic heterocycles. The Kier molecular flexibility index (Phi) is 7.71. The minimum absolute atomic E-state index is 0.332. The Labute approximate surface area is 217 Å². The largest absolute Gasteiger partial charge is 0.478 e. The molecule has 0 saturated heterocycles. The molecule has 0 aliphatic heterocycles. The molecule has 0 unspecified atom stereocenters. The molecule has 8 nitrogen and oxygen atoms in total. The van der Waals surface area contributed by atoms with Crippen molar-refractivity contribution in [3.05, 3.63) is 80.7 Å². The van der Waals surface area contributed by atoms with Crippen LogP contribution in [0.1, 0.15) is 59.9 Å². The van der Waals surface area contributed by atoms with Crippen LogP contribution in [-0.4, -0.2) is 41.7 Å². The van der Waals surface area contributed by atoms with Crippen molar-refractivity contribution in [2.24, 2.45) is 14.1 Å². The molecule has 2 N–H and O–H groups in total. The van der Waals surface area contributed by atoms with E-state index in [1.807, 2.05) is 85.4 Å². The number of carboxylic acids is 2. The third-order valence-corrected chi connectivity index (χ3v) is 6.88. The molecule has 0 atom stereocenters. The van der Waals surface area contributed by atoms with Crippen molar-refractivity contribution in [1.82, 2.24) is 19.6 Å². The monoisotopic (exact) mass is 502 g/mol. The Hall–Kier alpha value is -4.20. The average Bonchev–Trinajstić information content (AvgIpc) is 3.26. The molecule has 37 heavy (non-hydrogen) atoms. The molecular weight excluding hydrogens is 468 g/mol. The topological polar surface area (TPSA) is 110 Å². The smallest absolute Gasteiger partial charge is 0.335 e. The summed E-state index contributed by atoms with van der Waals surface area (Å²) in [5.74, 6) is -1.80. The van der Waals surface area contributed by atoms with Crippen LogP contribution in [0.5, 0.6) is 0 Å². The van der Waals surface area contributed by atoms with Gasteiger partial charge < -0.3 is 10.2 Å². The van der Waals surface area contributed by atoms with Crippen molar-refractivity contribution >= 4 is 11.9 Å². The zero-order chi connectivity index (χ0) is 27.8. The Morgan fingerprint density at radius 1 is 0.649 bits per heavy atom. The summed E-state index contributed by atoms with van der Waals surface area (Å²) in [5, 5.41) is 27.3. The van der Waals surface area contributed by atoms with Gasteiger partial charge >= 0.3 is 11.9 Å². The van der Waals surface area contributed by atoms with Gasteiger partial charge in [-0.3, -0.25) is 9.36 Å². The maximum atomic E-state index is 11.2. The van der Waals surface area contributed by atoms with E-state index < -0.39 is 11.9 Å². The maximum absolute atomic E-state index is 11.2. The molecule has 0 fully saturated rings. The van der Waals surface area contributed by atoms with Gasteiger partial charge in [0.15, 0.2) is 0 Å². The molecule has 0 radical (unpaired) electrons. The van der Waals surface area contributed by atoms with Crippen LogP contribution < -0.4 is 0 Å². The molecule has 194 valence electrons. The summed E-state index contributed by atoms with van der Waals surface area (Å²) in [5.41, 5.74) is 11.0. The van der Waals surface area contributed by atoms with Crippen LogP contribution in [0, 0.1) is 48.5 Å². The van der Waals surface area contributed by atoms with E-state index in [1.54, 1.807) is 16.8 Å². The highest BCUT2D eigenvalue weighted by atomic mass is 16.4. The number of hydrogen-bond donors (Lipinski definition) is 2. The Bertz CT molecular complexity index is 1510. The number of aromatic nitrogens is 4. The minimum Gasteiger partial charge on any atom is -0.478 e. The predicted octanol–water partition coefficient (Wildman–Crippen LogP) is 5.73. The van der Waals surface area contributed by atoms with E-state index in [2.05, 4.69) is 10.2 Å². The fourth-order valence-electron chi connectivity index (χ4n) is 4.36. The van der Waals surface area contributed by atoms with Crippen LogP contribution in [0.2, 0.25) is 0 Å². The van der Waals surface area contributed by atoms with Gasteiger partial charge in [-0.05, 0) is 94.5 Å². The fraction of sp³-hybridized carbons (Fsp3) is 0.310. The summed E-state index contributed by atoms with van der Waals surface area (Å²) >= 11 is 0. The van der Waals surface area contributed by atoms with Crippen LogP contribution in [-0.2, 0) is 14.1 Å². The van der Waals surface area contributed by atoms with Crippen LogP contribution in [0.4, 0.5) is 0 Å². The molecule has 8 heteroatoms. The molecule has 0 aliphatic carbocycles. The molecule has 0 saturated carbocycles. The van der Waals surface area contributed by atoms with Crippen molar-refractivity contribution < 1.29 is 19.8 Å². The first kappa shape index (κ1) is 27.4. The van der Waals surface area contributed by atoms with E-state index >= 15 is 0 Å². The lowest BCUT2D eigenvalue weighted by Gasteiger charge is -2.09. The zero-order valence-corrected chi connectivity index (χ0v) is 22.9. The third kappa shape index (κ3) is 5.48. The summed E-state index contributed by atoms with van der Waals surface area (Å²) in [4.78, 5) is 22.4. The molecule has 0 aliphatic rings. The number of aryl methyl sites for hydroxylation is 7. The Morgan fingerprint density at radius 3 is 1.54 bits per heavy atom. The van der Waals surface area contributed by atoms with Crippen LogP contribution in [0.25, 0.3) is 22.5 Å². The molecule has 4 aromatic rings. The highest BCUT2D eigenvalue weighted by Gasteiger charge is 2.17. The molecule has 0 bridgehead atoms. The van der Waals surface area contributed by atoms with Gasteiger partial charge in [0.1, 0.15) is 0 Å². The quantitative estimate of drug-likeness (QED) is 0.369. The van der Waals surface area contributed by atoms with Gasteiger partial charge in [0.25, 0.3) is 0 Å². The lowest BCUT2D eigenvalue weighted by Crippen LogP contribution is -2.02. The number of hydrogen-bond acceptors (Lipinski definition) is 4. The van der Waals surface area contributed by atoms with Crippen molar-refractivity contribution in [2.75, 3.05) is 0 Å². The molecule has 4 rings (SSSR count). The standard InChI is InChI=1S/C15H18N2O2.C14H16N2O2/c1-8-6-9(2)13(15(18)19)7-12(8)14-10(3)11(4)17(5)16-14;1-8-5-9(2)12(14(17)18)7-11(8)13-6-10(3)16(4)15-13/h6-7H,1-5H3,(H,18,19);5-7H,1-4H3,(H,17,18). The normalized spacial score (nSPS) is 10.7. The van der Waals surface area contributed by atoms with E-state index in [1.165, 1.54) is 0 Å². The first-order valence-corrected chi connectivity index (χ1v) is 11.9. The second kappa shape index (κ2) is 10.4. The average molecular weight is 503 g/mol. The molecule has 0 spiro atoms. The first-order valence-electron chi connectivity index (χ1n) is 11.9. The van der Waals surface area contributed by atoms with Crippen molar-refractivity contribution in [3.63, 3.8) is 0 Å². The van der Waals surface area contributed by atoms with E-state index in [-0.39, 0.29) is 0 Å². The second-order valence-corrected chi connectivity index (χ2v) is 9.55. The van der Waals surface area contributed by atoms with Crippen molar-refractivity contribution in [1.29, 1.82) is 0 Å². The number of rotatable bonds is 4. The molecule has 2 heterocycles. The van der Waals surface area contributed by atoms with Crippen LogP contribution >= 0.6 is 0 Å². The number of nitrogens with zero attached hydrogens (tertiary/aromatic N) is 4. The fourth-order valence-corrected chi connectivity index (χ4v) is 4.36. The van der Waals surface area contributed by atoms with Gasteiger partial charge in [0, 0.05) is 36.6 Å². The summed E-state index contributed by atoms with van der Waals surface area (Å²) in [6.45, 7) is 13.6. The van der Waals surface area contributed by atoms with Gasteiger partial charge in [-0.25, -0.2) is 9.59 Å². The number of aromatic carboxylic acids is 2. The Morgan fingerprint density at radius 2 is 1.14 bits per heavy atom. The summed E-state index contributed by atoms with van der Waals surface area (Å²) < 4.78 is 3.61. The van der Waals surface area contributed by atoms with Gasteiger partial charge in [-0.1, -0.05) is 12.1 Å². The van der Waals surface area contributed by atoms with Gasteiger partial charge in [0.2, 0.25) is 0 Å². The maximum Gasteiger partial charge on any atom is 0.335 e. The summed E-state index contributed by atoms with van der Waals surface area (Å²) in [7, 11) is 3.77. The van der Waals surface area contributed by atoms with Gasteiger partial charge in [0.05, 0.1) is 22.5 Å². The highest BCUT2D eigenvalue weighted by molar-refractivity contribution is 5.92. The second-order valence-electron chi connectivity index (χ2n) is 9.55. The molecular formula is C29H34N4O4. The van der Waals surface area contributed by atoms with E-state index in [0.717, 1.165) is 61.7 Å². The van der Waals surface area contributed by atoms with E-state index in [4.69, 9.17) is 5.11 Å².